The molecule has 0 aliphatic carbocycles. The monoisotopic (exact) mass is 300 g/mol. The van der Waals surface area contributed by atoms with E-state index in [1.165, 1.54) is 14.2 Å². The molecule has 1 aromatic heterocycles. The highest BCUT2D eigenvalue weighted by Crippen LogP contribution is 2.34. The zero-order valence-corrected chi connectivity index (χ0v) is 11.9. The van der Waals surface area contributed by atoms with Gasteiger partial charge in [-0.05, 0) is 6.92 Å². The number of carbonyl (C=O) groups is 1. The fourth-order valence-corrected chi connectivity index (χ4v) is 1.44. The zero-order valence-electron chi connectivity index (χ0n) is 11.9. The first-order chi connectivity index (χ1) is 10.0. The molecule has 0 amide bonds. The van der Waals surface area contributed by atoms with E-state index in [9.17, 15) is 14.9 Å². The number of nitrogens with zero attached hydrogens (tertiary/aromatic N) is 3. The topological polar surface area (TPSA) is 126 Å². The van der Waals surface area contributed by atoms with Gasteiger partial charge in [-0.2, -0.15) is 9.97 Å². The molecule has 0 spiro atoms. The van der Waals surface area contributed by atoms with E-state index in [1.807, 2.05) is 0 Å². The van der Waals surface area contributed by atoms with E-state index in [-0.39, 0.29) is 36.6 Å². The van der Waals surface area contributed by atoms with Crippen LogP contribution in [0.5, 0.6) is 11.8 Å². The van der Waals surface area contributed by atoms with Gasteiger partial charge >= 0.3 is 23.4 Å². The number of rotatable bonds is 8. The molecular formula is C11H16N4O6. The molecule has 0 aromatic carbocycles. The van der Waals surface area contributed by atoms with Crippen molar-refractivity contribution in [1.29, 1.82) is 0 Å². The van der Waals surface area contributed by atoms with Crippen LogP contribution in [0, 0.1) is 10.1 Å². The smallest absolute Gasteiger partial charge is 0.392 e. The quantitative estimate of drug-likeness (QED) is 0.420. The van der Waals surface area contributed by atoms with Gasteiger partial charge in [-0.15, -0.1) is 0 Å². The number of aromatic nitrogens is 2. The van der Waals surface area contributed by atoms with Crippen LogP contribution in [-0.4, -0.2) is 48.2 Å². The molecule has 0 aliphatic rings. The Morgan fingerprint density at radius 3 is 2.29 bits per heavy atom. The number of nitro groups is 1. The molecule has 0 unspecified atom stereocenters. The Morgan fingerprint density at radius 1 is 1.29 bits per heavy atom. The Hall–Kier alpha value is -2.65. The maximum atomic E-state index is 11.2. The van der Waals surface area contributed by atoms with Crippen molar-refractivity contribution in [3.63, 3.8) is 0 Å². The molecule has 0 aliphatic heterocycles. The lowest BCUT2D eigenvalue weighted by Gasteiger charge is -2.09. The van der Waals surface area contributed by atoms with Gasteiger partial charge in [-0.1, -0.05) is 0 Å². The fraction of sp³-hybridized carbons (Fsp3) is 0.545. The summed E-state index contributed by atoms with van der Waals surface area (Å²) in [4.78, 5) is 29.1. The van der Waals surface area contributed by atoms with Gasteiger partial charge in [0.2, 0.25) is 5.95 Å². The van der Waals surface area contributed by atoms with Gasteiger partial charge in [0.1, 0.15) is 0 Å². The summed E-state index contributed by atoms with van der Waals surface area (Å²) in [5.74, 6) is -0.777. The molecule has 0 saturated carbocycles. The second-order valence-electron chi connectivity index (χ2n) is 3.65. The van der Waals surface area contributed by atoms with E-state index in [4.69, 9.17) is 14.2 Å². The van der Waals surface area contributed by atoms with E-state index < -0.39 is 10.6 Å². The number of hydrogen-bond acceptors (Lipinski definition) is 9. The Bertz CT molecular complexity index is 496. The summed E-state index contributed by atoms with van der Waals surface area (Å²) >= 11 is 0. The molecule has 0 atom stereocenters. The predicted molar refractivity (Wildman–Crippen MR) is 71.5 cm³/mol. The van der Waals surface area contributed by atoms with Crippen LogP contribution in [0.4, 0.5) is 11.6 Å². The highest BCUT2D eigenvalue weighted by molar-refractivity contribution is 5.69. The average molecular weight is 300 g/mol. The van der Waals surface area contributed by atoms with Gasteiger partial charge in [0.05, 0.1) is 32.2 Å². The third-order valence-electron chi connectivity index (χ3n) is 2.31. The highest BCUT2D eigenvalue weighted by atomic mass is 16.6. The minimum Gasteiger partial charge on any atom is -0.476 e. The Kier molecular flexibility index (Phi) is 6.11. The van der Waals surface area contributed by atoms with Crippen molar-refractivity contribution in [2.45, 2.75) is 13.3 Å². The fourth-order valence-electron chi connectivity index (χ4n) is 1.44. The zero-order chi connectivity index (χ0) is 15.8. The van der Waals surface area contributed by atoms with Crippen LogP contribution in [0.3, 0.4) is 0 Å². The van der Waals surface area contributed by atoms with Gasteiger partial charge < -0.3 is 19.5 Å². The summed E-state index contributed by atoms with van der Waals surface area (Å²) in [7, 11) is 2.49. The lowest BCUT2D eigenvalue weighted by Crippen LogP contribution is -2.13. The van der Waals surface area contributed by atoms with E-state index >= 15 is 0 Å². The molecule has 0 saturated heterocycles. The van der Waals surface area contributed by atoms with Crippen molar-refractivity contribution >= 4 is 17.6 Å². The van der Waals surface area contributed by atoms with Gasteiger partial charge in [-0.3, -0.25) is 14.9 Å². The molecule has 1 N–H and O–H groups in total. The van der Waals surface area contributed by atoms with Gasteiger partial charge in [-0.25, -0.2) is 0 Å². The van der Waals surface area contributed by atoms with Crippen molar-refractivity contribution in [2.75, 3.05) is 32.7 Å². The first-order valence-corrected chi connectivity index (χ1v) is 6.07. The summed E-state index contributed by atoms with van der Waals surface area (Å²) in [5.41, 5.74) is -0.462. The predicted octanol–water partition coefficient (Wildman–Crippen LogP) is 0.767. The van der Waals surface area contributed by atoms with Crippen molar-refractivity contribution in [2.24, 2.45) is 0 Å². The standard InChI is InChI=1S/C11H16N4O6/c1-4-21-7(16)5-6-12-11-13-9(19-2)8(15(17)18)10(14-11)20-3/h4-6H2,1-3H3,(H,12,13,14). The largest absolute Gasteiger partial charge is 0.476 e. The van der Waals surface area contributed by atoms with Gasteiger partial charge in [0.25, 0.3) is 0 Å². The molecule has 0 bridgehead atoms. The second-order valence-corrected chi connectivity index (χ2v) is 3.65. The number of methoxy groups -OCH3 is 2. The minimum absolute atomic E-state index is 0.0543. The lowest BCUT2D eigenvalue weighted by atomic mass is 10.4. The Labute approximate surface area is 120 Å². The van der Waals surface area contributed by atoms with Crippen LogP contribution in [0.2, 0.25) is 0 Å². The van der Waals surface area contributed by atoms with Crippen LogP contribution in [-0.2, 0) is 9.53 Å². The first kappa shape index (κ1) is 16.4. The van der Waals surface area contributed by atoms with Crippen LogP contribution in [0.15, 0.2) is 0 Å². The summed E-state index contributed by atoms with van der Waals surface area (Å²) in [6.45, 7) is 2.22. The molecule has 0 fully saturated rings. The molecule has 1 aromatic rings. The maximum absolute atomic E-state index is 11.2. The molecule has 10 nitrogen and oxygen atoms in total. The number of hydrogen-bond donors (Lipinski definition) is 1. The highest BCUT2D eigenvalue weighted by Gasteiger charge is 2.26. The van der Waals surface area contributed by atoms with E-state index in [1.54, 1.807) is 6.92 Å². The second kappa shape index (κ2) is 7.82. The summed E-state index contributed by atoms with van der Waals surface area (Å²) in [6, 6.07) is 0. The minimum atomic E-state index is -0.694. The Balaban J connectivity index is 2.84. The average Bonchev–Trinajstić information content (AvgIpc) is 2.46. The maximum Gasteiger partial charge on any atom is 0.392 e. The first-order valence-electron chi connectivity index (χ1n) is 6.07. The molecule has 1 rings (SSSR count). The number of anilines is 1. The van der Waals surface area contributed by atoms with Crippen LogP contribution in [0.25, 0.3) is 0 Å². The van der Waals surface area contributed by atoms with Crippen LogP contribution in [0.1, 0.15) is 13.3 Å². The van der Waals surface area contributed by atoms with E-state index in [0.29, 0.717) is 6.61 Å². The third-order valence-corrected chi connectivity index (χ3v) is 2.31. The Morgan fingerprint density at radius 2 is 1.86 bits per heavy atom. The van der Waals surface area contributed by atoms with Crippen molar-refractivity contribution in [1.82, 2.24) is 9.97 Å². The SMILES string of the molecule is CCOC(=O)CCNc1nc(OC)c([N+](=O)[O-])c(OC)n1. The van der Waals surface area contributed by atoms with Crippen molar-refractivity contribution < 1.29 is 23.9 Å². The number of carbonyl (C=O) groups excluding carboxylic acids is 1. The molecule has 21 heavy (non-hydrogen) atoms. The van der Waals surface area contributed by atoms with Crippen LogP contribution < -0.4 is 14.8 Å². The van der Waals surface area contributed by atoms with E-state index in [2.05, 4.69) is 15.3 Å². The number of esters is 1. The molecule has 116 valence electrons. The van der Waals surface area contributed by atoms with Crippen molar-refractivity contribution in [3.8, 4) is 11.8 Å². The van der Waals surface area contributed by atoms with Gasteiger partial charge in [0.15, 0.2) is 0 Å². The molecular weight excluding hydrogens is 284 g/mol. The van der Waals surface area contributed by atoms with Crippen molar-refractivity contribution in [3.05, 3.63) is 10.1 Å². The summed E-state index contributed by atoms with van der Waals surface area (Å²) < 4.78 is 14.5. The molecule has 1 heterocycles. The van der Waals surface area contributed by atoms with Gasteiger partial charge in [0, 0.05) is 6.54 Å². The van der Waals surface area contributed by atoms with E-state index in [0.717, 1.165) is 0 Å². The summed E-state index contributed by atoms with van der Waals surface area (Å²) in [6.07, 6.45) is 0.110. The molecule has 0 radical (unpaired) electrons. The number of ether oxygens (including phenoxy) is 3. The molecule has 10 heteroatoms. The number of nitrogens with one attached hydrogen (secondary N) is 1. The lowest BCUT2D eigenvalue weighted by molar-refractivity contribution is -0.387. The summed E-state index contributed by atoms with van der Waals surface area (Å²) in [5, 5.41) is 13.7. The normalized spacial score (nSPS) is 9.86. The van der Waals surface area contributed by atoms with Crippen LogP contribution >= 0.6 is 0 Å². The third kappa shape index (κ3) is 4.44.